The minimum atomic E-state index is -4.31. The highest BCUT2D eigenvalue weighted by molar-refractivity contribution is 7.86. The van der Waals surface area contributed by atoms with Gasteiger partial charge in [-0.1, -0.05) is 29.8 Å². The summed E-state index contributed by atoms with van der Waals surface area (Å²) in [6.45, 7) is 5.15. The third-order valence-electron chi connectivity index (χ3n) is 4.90. The zero-order valence-corrected chi connectivity index (χ0v) is 14.7. The normalized spacial score (nSPS) is 30.4. The van der Waals surface area contributed by atoms with Crippen LogP contribution in [0.1, 0.15) is 16.7 Å². The average Bonchev–Trinajstić information content (AvgIpc) is 3.15. The lowest BCUT2D eigenvalue weighted by molar-refractivity contribution is -0.168. The van der Waals surface area contributed by atoms with Gasteiger partial charge in [-0.15, -0.1) is 9.35 Å². The van der Waals surface area contributed by atoms with E-state index in [0.717, 1.165) is 5.56 Å². The van der Waals surface area contributed by atoms with E-state index < -0.39 is 46.0 Å². The maximum atomic E-state index is 12.7. The van der Waals surface area contributed by atoms with Crippen molar-refractivity contribution in [3.8, 4) is 0 Å². The van der Waals surface area contributed by atoms with Gasteiger partial charge in [-0.05, 0) is 31.9 Å². The van der Waals surface area contributed by atoms with Crippen molar-refractivity contribution in [3.63, 3.8) is 0 Å². The van der Waals surface area contributed by atoms with Crippen LogP contribution in [0, 0.1) is 32.6 Å². The molecule has 3 aliphatic heterocycles. The summed E-state index contributed by atoms with van der Waals surface area (Å²) in [6.07, 6.45) is 2.46. The number of benzene rings is 1. The lowest BCUT2D eigenvalue weighted by atomic mass is 9.85. The molecule has 1 aromatic rings. The molecule has 0 radical (unpaired) electrons. The number of carbonyl (C=O) groups is 2. The molecule has 2 bridgehead atoms. The van der Waals surface area contributed by atoms with Crippen LogP contribution in [0.2, 0.25) is 0 Å². The van der Waals surface area contributed by atoms with Gasteiger partial charge >= 0.3 is 10.1 Å². The smallest absolute Gasteiger partial charge is 0.318 e. The summed E-state index contributed by atoms with van der Waals surface area (Å²) in [5.41, 5.74) is 1.92. The highest BCUT2D eigenvalue weighted by Crippen LogP contribution is 2.45. The van der Waals surface area contributed by atoms with Crippen molar-refractivity contribution in [1.82, 2.24) is 5.06 Å². The molecular weight excluding hydrogens is 346 g/mol. The van der Waals surface area contributed by atoms with Gasteiger partial charge in [0, 0.05) is 0 Å². The van der Waals surface area contributed by atoms with E-state index >= 15 is 0 Å². The molecule has 8 heteroatoms. The molecule has 0 aliphatic carbocycles. The van der Waals surface area contributed by atoms with E-state index in [0.29, 0.717) is 16.2 Å². The Morgan fingerprint density at radius 3 is 1.92 bits per heavy atom. The number of ether oxygens (including phenoxy) is 1. The molecule has 4 atom stereocenters. The monoisotopic (exact) mass is 363 g/mol. The lowest BCUT2D eigenvalue weighted by Crippen LogP contribution is -2.36. The van der Waals surface area contributed by atoms with Crippen molar-refractivity contribution < 1.29 is 27.0 Å². The Morgan fingerprint density at radius 1 is 0.960 bits per heavy atom. The molecule has 4 rings (SSSR count). The second-order valence-electron chi connectivity index (χ2n) is 6.73. The molecule has 0 saturated carbocycles. The lowest BCUT2D eigenvalue weighted by Gasteiger charge is -2.18. The number of hydroxylamine groups is 2. The molecule has 3 heterocycles. The molecular formula is C17H17NO6S. The Morgan fingerprint density at radius 2 is 1.44 bits per heavy atom. The van der Waals surface area contributed by atoms with E-state index in [9.17, 15) is 18.0 Å². The van der Waals surface area contributed by atoms with Gasteiger partial charge < -0.3 is 4.74 Å². The minimum Gasteiger partial charge on any atom is -0.365 e. The molecule has 1 aromatic carbocycles. The molecule has 132 valence electrons. The molecule has 4 unspecified atom stereocenters. The van der Waals surface area contributed by atoms with Crippen LogP contribution < -0.4 is 0 Å². The van der Waals surface area contributed by atoms with Crippen molar-refractivity contribution in [1.29, 1.82) is 0 Å². The molecule has 3 aliphatic rings. The molecule has 2 amide bonds. The second kappa shape index (κ2) is 5.23. The quantitative estimate of drug-likeness (QED) is 0.592. The summed E-state index contributed by atoms with van der Waals surface area (Å²) in [5.74, 6) is -2.76. The highest BCUT2D eigenvalue weighted by Gasteiger charge is 2.62. The molecule has 0 spiro atoms. The van der Waals surface area contributed by atoms with Gasteiger partial charge in [0.05, 0.1) is 24.0 Å². The van der Waals surface area contributed by atoms with Gasteiger partial charge in [-0.3, -0.25) is 9.59 Å². The number of hydrogen-bond donors (Lipinski definition) is 0. The van der Waals surface area contributed by atoms with Crippen molar-refractivity contribution in [2.45, 2.75) is 37.9 Å². The van der Waals surface area contributed by atoms with Crippen LogP contribution in [0.5, 0.6) is 0 Å². The Balaban J connectivity index is 1.67. The summed E-state index contributed by atoms with van der Waals surface area (Å²) < 4.78 is 35.9. The van der Waals surface area contributed by atoms with E-state index in [2.05, 4.69) is 0 Å². The number of fused-ring (bicyclic) bond motifs is 5. The summed E-state index contributed by atoms with van der Waals surface area (Å²) in [5, 5.41) is 0.402. The van der Waals surface area contributed by atoms with Crippen LogP contribution >= 0.6 is 0 Å². The number of rotatable bonds is 3. The van der Waals surface area contributed by atoms with Crippen LogP contribution in [0.3, 0.4) is 0 Å². The first kappa shape index (κ1) is 16.4. The number of aryl methyl sites for hydroxylation is 3. The van der Waals surface area contributed by atoms with Gasteiger partial charge in [-0.2, -0.15) is 8.42 Å². The van der Waals surface area contributed by atoms with Gasteiger partial charge in [-0.25, -0.2) is 0 Å². The van der Waals surface area contributed by atoms with Crippen LogP contribution in [0.25, 0.3) is 0 Å². The Labute approximate surface area is 145 Å². The summed E-state index contributed by atoms with van der Waals surface area (Å²) in [4.78, 5) is 25.0. The third-order valence-corrected chi connectivity index (χ3v) is 6.39. The fraction of sp³-hybridized carbons (Fsp3) is 0.412. The number of amides is 2. The average molecular weight is 363 g/mol. The van der Waals surface area contributed by atoms with Crippen molar-refractivity contribution in [2.75, 3.05) is 0 Å². The first-order chi connectivity index (χ1) is 11.7. The molecule has 0 N–H and O–H groups in total. The predicted octanol–water partition coefficient (Wildman–Crippen LogP) is 1.17. The van der Waals surface area contributed by atoms with Gasteiger partial charge in [0.15, 0.2) is 0 Å². The zero-order chi connectivity index (χ0) is 18.1. The Kier molecular flexibility index (Phi) is 3.44. The summed E-state index contributed by atoms with van der Waals surface area (Å²) in [6, 6.07) is 3.42. The molecule has 25 heavy (non-hydrogen) atoms. The van der Waals surface area contributed by atoms with E-state index in [1.165, 1.54) is 0 Å². The largest absolute Gasteiger partial charge is 0.365 e. The number of carbonyl (C=O) groups excluding carboxylic acids is 2. The molecule has 0 aromatic heterocycles. The Bertz CT molecular complexity index is 881. The first-order valence-electron chi connectivity index (χ1n) is 7.95. The van der Waals surface area contributed by atoms with Crippen molar-refractivity contribution in [3.05, 3.63) is 41.0 Å². The summed E-state index contributed by atoms with van der Waals surface area (Å²) >= 11 is 0. The van der Waals surface area contributed by atoms with E-state index in [4.69, 9.17) is 9.02 Å². The topological polar surface area (TPSA) is 90.0 Å². The van der Waals surface area contributed by atoms with Gasteiger partial charge in [0.2, 0.25) is 0 Å². The first-order valence-corrected chi connectivity index (χ1v) is 9.35. The maximum Gasteiger partial charge on any atom is 0.318 e. The molecule has 2 saturated heterocycles. The Hall–Kier alpha value is -2.03. The highest BCUT2D eigenvalue weighted by atomic mass is 32.2. The minimum absolute atomic E-state index is 0.0203. The van der Waals surface area contributed by atoms with Crippen LogP contribution in [-0.2, 0) is 28.7 Å². The van der Waals surface area contributed by atoms with E-state index in [1.54, 1.807) is 38.1 Å². The SMILES string of the molecule is Cc1cc(C)c(S(=O)(=O)ON2C(=O)C3C4C=CC(O4)C3C2=O)c(C)c1. The summed E-state index contributed by atoms with van der Waals surface area (Å²) in [7, 11) is -4.31. The van der Waals surface area contributed by atoms with Gasteiger partial charge in [0.1, 0.15) is 4.90 Å². The third kappa shape index (κ3) is 2.28. The van der Waals surface area contributed by atoms with Crippen molar-refractivity contribution in [2.24, 2.45) is 11.8 Å². The van der Waals surface area contributed by atoms with E-state index in [1.807, 2.05) is 6.92 Å². The van der Waals surface area contributed by atoms with Crippen molar-refractivity contribution >= 4 is 21.9 Å². The standard InChI is InChI=1S/C17H17NO6S/c1-8-6-9(2)15(10(3)7-8)25(21,22)24-18-16(19)13-11-4-5-12(23-11)14(13)17(18)20/h4-7,11-14H,1-3H3. The van der Waals surface area contributed by atoms with Gasteiger partial charge in [0.25, 0.3) is 11.8 Å². The fourth-order valence-electron chi connectivity index (χ4n) is 4.05. The maximum absolute atomic E-state index is 12.7. The number of nitrogens with zero attached hydrogens (tertiary/aromatic N) is 1. The number of imide groups is 1. The molecule has 2 fully saturated rings. The fourth-order valence-corrected chi connectivity index (χ4v) is 5.37. The molecule has 7 nitrogen and oxygen atoms in total. The van der Waals surface area contributed by atoms with Crippen LogP contribution in [0.15, 0.2) is 29.2 Å². The van der Waals surface area contributed by atoms with E-state index in [-0.39, 0.29) is 4.90 Å². The van der Waals surface area contributed by atoms with Crippen LogP contribution in [0.4, 0.5) is 0 Å². The van der Waals surface area contributed by atoms with Crippen LogP contribution in [-0.4, -0.2) is 37.5 Å². The zero-order valence-electron chi connectivity index (χ0n) is 13.9. The number of hydrogen-bond acceptors (Lipinski definition) is 6. The second-order valence-corrected chi connectivity index (χ2v) is 8.19. The predicted molar refractivity (Wildman–Crippen MR) is 85.6 cm³/mol.